The average molecular weight is 513 g/mol. The molecular weight excluding hydrogens is 491 g/mol. The molecule has 0 saturated heterocycles. The fourth-order valence-corrected chi connectivity index (χ4v) is 4.55. The number of halogens is 2. The molecule has 4 aromatic carbocycles. The maximum Gasteiger partial charge on any atom is 0.335 e. The van der Waals surface area contributed by atoms with Crippen LogP contribution in [0.4, 0.5) is 4.39 Å². The number of benzene rings is 4. The molecule has 1 heterocycles. The molecule has 0 saturated carbocycles. The monoisotopic (exact) mass is 512 g/mol. The highest BCUT2D eigenvalue weighted by Gasteiger charge is 2.17. The number of carboxylic acids is 1. The molecule has 1 aromatic heterocycles. The summed E-state index contributed by atoms with van der Waals surface area (Å²) in [6.07, 6.45) is 1.93. The minimum Gasteiger partial charge on any atom is -0.478 e. The van der Waals surface area contributed by atoms with Crippen LogP contribution in [0.15, 0.2) is 97.2 Å². The fourth-order valence-electron chi connectivity index (χ4n) is 4.34. The summed E-state index contributed by atoms with van der Waals surface area (Å²) in [6, 6.07) is 25.8. The van der Waals surface area contributed by atoms with Gasteiger partial charge in [-0.3, -0.25) is 4.79 Å². The normalized spacial score (nSPS) is 11.0. The van der Waals surface area contributed by atoms with E-state index in [2.05, 4.69) is 5.32 Å². The molecule has 0 aliphatic rings. The first-order chi connectivity index (χ1) is 17.9. The zero-order chi connectivity index (χ0) is 25.9. The topological polar surface area (TPSA) is 71.3 Å². The van der Waals surface area contributed by atoms with Gasteiger partial charge in [0.15, 0.2) is 0 Å². The maximum atomic E-state index is 13.5. The summed E-state index contributed by atoms with van der Waals surface area (Å²) in [5, 5.41) is 13.6. The van der Waals surface area contributed by atoms with Gasteiger partial charge in [0.1, 0.15) is 5.82 Å². The van der Waals surface area contributed by atoms with E-state index in [9.17, 15) is 14.0 Å². The second kappa shape index (κ2) is 10.3. The number of hydrogen-bond donors (Lipinski definition) is 2. The minimum absolute atomic E-state index is 0.183. The number of hydrogen-bond acceptors (Lipinski definition) is 2. The Bertz CT molecular complexity index is 1610. The van der Waals surface area contributed by atoms with Gasteiger partial charge in [-0.25, -0.2) is 9.18 Å². The van der Waals surface area contributed by atoms with Crippen molar-refractivity contribution in [2.24, 2.45) is 0 Å². The number of aromatic carboxylic acids is 1. The van der Waals surface area contributed by atoms with Crippen molar-refractivity contribution >= 4 is 34.4 Å². The van der Waals surface area contributed by atoms with Crippen LogP contribution in [0.5, 0.6) is 0 Å². The summed E-state index contributed by atoms with van der Waals surface area (Å²) in [7, 11) is 0. The number of rotatable bonds is 7. The first kappa shape index (κ1) is 24.3. The van der Waals surface area contributed by atoms with Gasteiger partial charge in [-0.1, -0.05) is 48.0 Å². The minimum atomic E-state index is -1.00. The lowest BCUT2D eigenvalue weighted by Crippen LogP contribution is -2.23. The van der Waals surface area contributed by atoms with Crippen LogP contribution >= 0.6 is 11.6 Å². The quantitative estimate of drug-likeness (QED) is 0.252. The summed E-state index contributed by atoms with van der Waals surface area (Å²) in [4.78, 5) is 24.6. The summed E-state index contributed by atoms with van der Waals surface area (Å²) < 4.78 is 15.5. The highest BCUT2D eigenvalue weighted by atomic mass is 35.5. The van der Waals surface area contributed by atoms with Gasteiger partial charge in [-0.15, -0.1) is 0 Å². The van der Waals surface area contributed by atoms with Crippen LogP contribution in [0.3, 0.4) is 0 Å². The summed E-state index contributed by atoms with van der Waals surface area (Å²) >= 11 is 6.18. The largest absolute Gasteiger partial charge is 0.478 e. The van der Waals surface area contributed by atoms with Gasteiger partial charge in [0, 0.05) is 29.7 Å². The lowest BCUT2D eigenvalue weighted by Gasteiger charge is -2.13. The molecule has 0 fully saturated rings. The first-order valence-electron chi connectivity index (χ1n) is 11.6. The van der Waals surface area contributed by atoms with Gasteiger partial charge in [0.2, 0.25) is 0 Å². The van der Waals surface area contributed by atoms with Crippen molar-refractivity contribution in [1.29, 1.82) is 0 Å². The van der Waals surface area contributed by atoms with E-state index in [4.69, 9.17) is 16.7 Å². The molecule has 2 N–H and O–H groups in total. The van der Waals surface area contributed by atoms with Gasteiger partial charge in [-0.05, 0) is 76.9 Å². The van der Waals surface area contributed by atoms with Crippen molar-refractivity contribution in [3.05, 3.63) is 130 Å². The molecule has 0 bridgehead atoms. The van der Waals surface area contributed by atoms with Crippen molar-refractivity contribution in [3.63, 3.8) is 0 Å². The zero-order valence-electron chi connectivity index (χ0n) is 19.6. The number of aromatic nitrogens is 1. The number of carbonyl (C=O) groups is 2. The van der Waals surface area contributed by atoms with Crippen LogP contribution in [-0.4, -0.2) is 21.6 Å². The summed E-state index contributed by atoms with van der Waals surface area (Å²) in [5.74, 6) is -1.61. The molecule has 7 heteroatoms. The van der Waals surface area contributed by atoms with Crippen LogP contribution in [0.2, 0.25) is 5.02 Å². The van der Waals surface area contributed by atoms with Gasteiger partial charge in [0.05, 0.1) is 16.6 Å². The Kier molecular flexibility index (Phi) is 6.75. The van der Waals surface area contributed by atoms with Crippen molar-refractivity contribution in [2.45, 2.75) is 13.1 Å². The van der Waals surface area contributed by atoms with Crippen LogP contribution in [0.1, 0.15) is 31.8 Å². The predicted molar refractivity (Wildman–Crippen MR) is 142 cm³/mol. The molecule has 0 aliphatic heterocycles. The molecule has 5 rings (SSSR count). The predicted octanol–water partition coefficient (Wildman–Crippen LogP) is 6.78. The number of nitrogens with one attached hydrogen (secondary N) is 1. The Morgan fingerprint density at radius 2 is 1.62 bits per heavy atom. The van der Waals surface area contributed by atoms with E-state index in [0.717, 1.165) is 33.2 Å². The van der Waals surface area contributed by atoms with Crippen LogP contribution in [-0.2, 0) is 13.1 Å². The molecule has 0 spiro atoms. The Morgan fingerprint density at radius 1 is 0.865 bits per heavy atom. The van der Waals surface area contributed by atoms with E-state index in [1.54, 1.807) is 24.3 Å². The van der Waals surface area contributed by atoms with Crippen LogP contribution < -0.4 is 5.32 Å². The average Bonchev–Trinajstić information content (AvgIpc) is 3.30. The maximum absolute atomic E-state index is 13.5. The Labute approximate surface area is 217 Å². The molecule has 5 aromatic rings. The van der Waals surface area contributed by atoms with Crippen molar-refractivity contribution < 1.29 is 19.1 Å². The van der Waals surface area contributed by atoms with E-state index >= 15 is 0 Å². The van der Waals surface area contributed by atoms with E-state index in [1.165, 1.54) is 24.3 Å². The van der Waals surface area contributed by atoms with Gasteiger partial charge < -0.3 is 15.0 Å². The molecule has 0 radical (unpaired) electrons. The number of amides is 1. The number of fused-ring (bicyclic) bond motifs is 1. The SMILES string of the molecule is O=C(O)c1ccc(CNC(=O)c2cc(-c3ccc(F)cc3)cc3ccn(Cc4cccc(Cl)c4)c23)cc1. The molecule has 1 amide bonds. The summed E-state index contributed by atoms with van der Waals surface area (Å²) in [6.45, 7) is 0.757. The molecule has 0 unspecified atom stereocenters. The standard InChI is InChI=1S/C30H22ClFN2O3/c31-25-3-1-2-20(14-25)18-34-13-12-23-15-24(21-8-10-26(32)11-9-21)16-27(28(23)34)29(35)33-17-19-4-6-22(7-5-19)30(36)37/h1-16H,17-18H2,(H,33,35)(H,36,37). The number of carbonyl (C=O) groups excluding carboxylic acids is 1. The van der Waals surface area contributed by atoms with E-state index < -0.39 is 5.97 Å². The first-order valence-corrected chi connectivity index (χ1v) is 12.0. The molecule has 37 heavy (non-hydrogen) atoms. The lowest BCUT2D eigenvalue weighted by atomic mass is 9.99. The number of nitrogens with zero attached hydrogens (tertiary/aromatic N) is 1. The third-order valence-electron chi connectivity index (χ3n) is 6.18. The van der Waals surface area contributed by atoms with E-state index in [-0.39, 0.29) is 23.8 Å². The molecule has 184 valence electrons. The van der Waals surface area contributed by atoms with E-state index in [1.807, 2.05) is 53.2 Å². The Morgan fingerprint density at radius 3 is 2.32 bits per heavy atom. The highest BCUT2D eigenvalue weighted by Crippen LogP contribution is 2.30. The van der Waals surface area contributed by atoms with Crippen molar-refractivity contribution in [2.75, 3.05) is 0 Å². The van der Waals surface area contributed by atoms with Gasteiger partial charge in [0.25, 0.3) is 5.91 Å². The van der Waals surface area contributed by atoms with Gasteiger partial charge in [-0.2, -0.15) is 0 Å². The lowest BCUT2D eigenvalue weighted by molar-refractivity contribution is 0.0696. The molecule has 5 nitrogen and oxygen atoms in total. The third kappa shape index (κ3) is 5.39. The molecular formula is C30H22ClFN2O3. The summed E-state index contributed by atoms with van der Waals surface area (Å²) in [5.41, 5.74) is 4.79. The second-order valence-electron chi connectivity index (χ2n) is 8.73. The highest BCUT2D eigenvalue weighted by molar-refractivity contribution is 6.30. The smallest absolute Gasteiger partial charge is 0.335 e. The Balaban J connectivity index is 1.52. The van der Waals surface area contributed by atoms with Crippen molar-refractivity contribution in [1.82, 2.24) is 9.88 Å². The molecule has 0 atom stereocenters. The molecule has 0 aliphatic carbocycles. The third-order valence-corrected chi connectivity index (χ3v) is 6.41. The van der Waals surface area contributed by atoms with E-state index in [0.29, 0.717) is 17.1 Å². The van der Waals surface area contributed by atoms with Gasteiger partial charge >= 0.3 is 5.97 Å². The zero-order valence-corrected chi connectivity index (χ0v) is 20.4. The fraction of sp³-hybridized carbons (Fsp3) is 0.0667. The van der Waals surface area contributed by atoms with Crippen LogP contribution in [0.25, 0.3) is 22.0 Å². The van der Waals surface area contributed by atoms with Crippen LogP contribution in [0, 0.1) is 5.82 Å². The Hall–Kier alpha value is -4.42. The van der Waals surface area contributed by atoms with Crippen molar-refractivity contribution in [3.8, 4) is 11.1 Å². The number of carboxylic acid groups (broad SMARTS) is 1. The second-order valence-corrected chi connectivity index (χ2v) is 9.16.